The lowest BCUT2D eigenvalue weighted by atomic mass is 10.1. The number of H-pyrrole nitrogens is 1. The minimum Gasteiger partial charge on any atom is -0.508 e. The standard InChI is InChI=1S/C23H16FN5O2/c24-15-8-6-14(7-9-15)21-19(13-29(28-21)16-4-2-1-3-5-16)23(31)25-22-18-11-10-17(30)12-20(18)26-27-22/h1-13,30H,(H2,25,26,27,31). The molecule has 31 heavy (non-hydrogen) atoms. The van der Waals surface area contributed by atoms with Crippen LogP contribution in [-0.4, -0.2) is 31.0 Å². The molecule has 0 aliphatic carbocycles. The Morgan fingerprint density at radius 1 is 1.03 bits per heavy atom. The van der Waals surface area contributed by atoms with E-state index in [9.17, 15) is 14.3 Å². The molecule has 0 radical (unpaired) electrons. The smallest absolute Gasteiger partial charge is 0.260 e. The number of phenols is 1. The molecule has 3 N–H and O–H groups in total. The summed E-state index contributed by atoms with van der Waals surface area (Å²) in [6.45, 7) is 0. The SMILES string of the molecule is O=C(Nc1n[nH]c2cc(O)ccc12)c1cn(-c2ccccc2)nc1-c1ccc(F)cc1. The van der Waals surface area contributed by atoms with Gasteiger partial charge in [-0.2, -0.15) is 10.2 Å². The van der Waals surface area contributed by atoms with Crippen molar-refractivity contribution in [3.63, 3.8) is 0 Å². The van der Waals surface area contributed by atoms with Gasteiger partial charge in [0.1, 0.15) is 17.3 Å². The highest BCUT2D eigenvalue weighted by molar-refractivity contribution is 6.10. The minimum absolute atomic E-state index is 0.0942. The zero-order chi connectivity index (χ0) is 21.4. The largest absolute Gasteiger partial charge is 0.508 e. The first kappa shape index (κ1) is 18.6. The summed E-state index contributed by atoms with van der Waals surface area (Å²) in [5.74, 6) is -0.360. The lowest BCUT2D eigenvalue weighted by molar-refractivity contribution is 0.102. The van der Waals surface area contributed by atoms with Crippen LogP contribution < -0.4 is 5.32 Å². The number of carbonyl (C=O) groups excluding carboxylic acids is 1. The number of nitrogens with one attached hydrogen (secondary N) is 2. The fourth-order valence-corrected chi connectivity index (χ4v) is 3.35. The third-order valence-electron chi connectivity index (χ3n) is 4.88. The number of nitrogens with zero attached hydrogens (tertiary/aromatic N) is 3. The van der Waals surface area contributed by atoms with Crippen LogP contribution in [0.4, 0.5) is 10.2 Å². The van der Waals surface area contributed by atoms with Gasteiger partial charge in [0.2, 0.25) is 0 Å². The van der Waals surface area contributed by atoms with Gasteiger partial charge in [-0.25, -0.2) is 9.07 Å². The summed E-state index contributed by atoms with van der Waals surface area (Å²) >= 11 is 0. The Morgan fingerprint density at radius 3 is 2.58 bits per heavy atom. The minimum atomic E-state index is -0.414. The summed E-state index contributed by atoms with van der Waals surface area (Å²) in [4.78, 5) is 13.2. The normalized spacial score (nSPS) is 11.0. The third kappa shape index (κ3) is 3.51. The Hall–Kier alpha value is -4.46. The number of aromatic amines is 1. The predicted octanol–water partition coefficient (Wildman–Crippen LogP) is 4.51. The zero-order valence-electron chi connectivity index (χ0n) is 16.1. The Kier molecular flexibility index (Phi) is 4.44. The first-order chi connectivity index (χ1) is 15.1. The molecular weight excluding hydrogens is 397 g/mol. The Labute approximate surface area is 175 Å². The number of aromatic hydroxyl groups is 1. The first-order valence-electron chi connectivity index (χ1n) is 9.48. The third-order valence-corrected chi connectivity index (χ3v) is 4.88. The number of phenolic OH excluding ortho intramolecular Hbond substituents is 1. The molecule has 0 aliphatic heterocycles. The molecule has 0 fully saturated rings. The number of para-hydroxylation sites is 1. The number of hydrogen-bond donors (Lipinski definition) is 3. The molecule has 8 heteroatoms. The highest BCUT2D eigenvalue weighted by atomic mass is 19.1. The van der Waals surface area contributed by atoms with Crippen molar-refractivity contribution in [1.29, 1.82) is 0 Å². The van der Waals surface area contributed by atoms with Gasteiger partial charge in [-0.05, 0) is 48.5 Å². The van der Waals surface area contributed by atoms with Crippen LogP contribution in [0.3, 0.4) is 0 Å². The van der Waals surface area contributed by atoms with Crippen LogP contribution in [0.5, 0.6) is 5.75 Å². The second-order valence-corrected chi connectivity index (χ2v) is 6.93. The molecule has 0 aliphatic rings. The molecular formula is C23H16FN5O2. The van der Waals surface area contributed by atoms with Crippen LogP contribution in [0.2, 0.25) is 0 Å². The van der Waals surface area contributed by atoms with E-state index in [1.54, 1.807) is 29.1 Å². The van der Waals surface area contributed by atoms with Gasteiger partial charge < -0.3 is 10.4 Å². The van der Waals surface area contributed by atoms with Crippen molar-refractivity contribution in [3.05, 3.63) is 90.4 Å². The number of benzene rings is 3. The highest BCUT2D eigenvalue weighted by Crippen LogP contribution is 2.27. The average Bonchev–Trinajstić information content (AvgIpc) is 3.39. The zero-order valence-corrected chi connectivity index (χ0v) is 16.1. The molecule has 0 unspecified atom stereocenters. The summed E-state index contributed by atoms with van der Waals surface area (Å²) in [5.41, 5.74) is 2.71. The molecule has 0 bridgehead atoms. The second kappa shape index (κ2) is 7.42. The maximum atomic E-state index is 13.4. The number of anilines is 1. The van der Waals surface area contributed by atoms with E-state index < -0.39 is 5.91 Å². The molecule has 152 valence electrons. The van der Waals surface area contributed by atoms with Gasteiger partial charge >= 0.3 is 0 Å². The van der Waals surface area contributed by atoms with Gasteiger partial charge in [-0.3, -0.25) is 9.89 Å². The van der Waals surface area contributed by atoms with Crippen molar-refractivity contribution in [3.8, 4) is 22.7 Å². The number of rotatable bonds is 4. The molecule has 2 aromatic heterocycles. The predicted molar refractivity (Wildman–Crippen MR) is 115 cm³/mol. The van der Waals surface area contributed by atoms with E-state index >= 15 is 0 Å². The van der Waals surface area contributed by atoms with E-state index in [4.69, 9.17) is 0 Å². The number of amides is 1. The Bertz CT molecular complexity index is 1390. The Balaban J connectivity index is 1.56. The molecule has 0 saturated heterocycles. The fourth-order valence-electron chi connectivity index (χ4n) is 3.35. The molecule has 0 saturated carbocycles. The summed E-state index contributed by atoms with van der Waals surface area (Å²) in [6, 6.07) is 19.9. The van der Waals surface area contributed by atoms with Crippen molar-refractivity contribution in [2.45, 2.75) is 0 Å². The molecule has 3 aromatic carbocycles. The topological polar surface area (TPSA) is 95.8 Å². The first-order valence-corrected chi connectivity index (χ1v) is 9.48. The van der Waals surface area contributed by atoms with Crippen LogP contribution >= 0.6 is 0 Å². The van der Waals surface area contributed by atoms with E-state index in [-0.39, 0.29) is 11.6 Å². The van der Waals surface area contributed by atoms with E-state index in [0.717, 1.165) is 5.69 Å². The fraction of sp³-hybridized carbons (Fsp3) is 0. The summed E-state index contributed by atoms with van der Waals surface area (Å²) < 4.78 is 15.0. The van der Waals surface area contributed by atoms with Gasteiger partial charge in [-0.15, -0.1) is 0 Å². The van der Waals surface area contributed by atoms with Crippen LogP contribution in [0.1, 0.15) is 10.4 Å². The lowest BCUT2D eigenvalue weighted by Crippen LogP contribution is -2.13. The van der Waals surface area contributed by atoms with E-state index in [1.165, 1.54) is 24.3 Å². The van der Waals surface area contributed by atoms with Crippen molar-refractivity contribution < 1.29 is 14.3 Å². The van der Waals surface area contributed by atoms with Crippen molar-refractivity contribution in [2.75, 3.05) is 5.32 Å². The van der Waals surface area contributed by atoms with E-state index in [2.05, 4.69) is 20.6 Å². The van der Waals surface area contributed by atoms with Crippen LogP contribution in [0, 0.1) is 5.82 Å². The summed E-state index contributed by atoms with van der Waals surface area (Å²) in [6.07, 6.45) is 1.63. The summed E-state index contributed by atoms with van der Waals surface area (Å²) in [5, 5.41) is 24.6. The molecule has 2 heterocycles. The number of halogens is 1. The van der Waals surface area contributed by atoms with Crippen LogP contribution in [0.15, 0.2) is 79.0 Å². The van der Waals surface area contributed by atoms with Gasteiger partial charge in [-0.1, -0.05) is 18.2 Å². The highest BCUT2D eigenvalue weighted by Gasteiger charge is 2.20. The monoisotopic (exact) mass is 413 g/mol. The number of hydrogen-bond acceptors (Lipinski definition) is 4. The quantitative estimate of drug-likeness (QED) is 0.404. The Morgan fingerprint density at radius 2 is 1.81 bits per heavy atom. The van der Waals surface area contributed by atoms with Gasteiger partial charge in [0, 0.05) is 23.2 Å². The second-order valence-electron chi connectivity index (χ2n) is 6.93. The van der Waals surface area contributed by atoms with Crippen LogP contribution in [0.25, 0.3) is 27.8 Å². The molecule has 1 amide bonds. The van der Waals surface area contributed by atoms with Crippen LogP contribution in [-0.2, 0) is 0 Å². The molecule has 5 aromatic rings. The number of aromatic nitrogens is 4. The molecule has 5 rings (SSSR count). The van der Waals surface area contributed by atoms with Gasteiger partial charge in [0.15, 0.2) is 5.82 Å². The molecule has 7 nitrogen and oxygen atoms in total. The maximum absolute atomic E-state index is 13.4. The van der Waals surface area contributed by atoms with E-state index in [1.807, 2.05) is 30.3 Å². The summed E-state index contributed by atoms with van der Waals surface area (Å²) in [7, 11) is 0. The van der Waals surface area contributed by atoms with Crippen molar-refractivity contribution in [2.24, 2.45) is 0 Å². The molecule has 0 spiro atoms. The maximum Gasteiger partial charge on any atom is 0.260 e. The van der Waals surface area contributed by atoms with Crippen molar-refractivity contribution in [1.82, 2.24) is 20.0 Å². The van der Waals surface area contributed by atoms with Crippen molar-refractivity contribution >= 4 is 22.6 Å². The lowest BCUT2D eigenvalue weighted by Gasteiger charge is -2.04. The molecule has 0 atom stereocenters. The van der Waals surface area contributed by atoms with Gasteiger partial charge in [0.25, 0.3) is 5.91 Å². The van der Waals surface area contributed by atoms with E-state index in [0.29, 0.717) is 33.5 Å². The van der Waals surface area contributed by atoms with Gasteiger partial charge in [0.05, 0.1) is 16.8 Å². The number of fused-ring (bicyclic) bond motifs is 1. The average molecular weight is 413 g/mol. The number of carbonyl (C=O) groups is 1.